The van der Waals surface area contributed by atoms with Gasteiger partial charge >= 0.3 is 0 Å². The minimum atomic E-state index is -0.315. The van der Waals surface area contributed by atoms with Crippen molar-refractivity contribution < 1.29 is 14.2 Å². The standard InChI is InChI=1S/C12H10FNO2/c13-9-4-6-11(7-5-9)16-12-3-1-2-10(8-15)14-12/h1-7,15H,8H2. The zero-order chi connectivity index (χ0) is 11.4. The first-order chi connectivity index (χ1) is 7.78. The van der Waals surface area contributed by atoms with Crippen molar-refractivity contribution >= 4 is 0 Å². The molecule has 0 fully saturated rings. The Morgan fingerprint density at radius 3 is 2.56 bits per heavy atom. The summed E-state index contributed by atoms with van der Waals surface area (Å²) in [5, 5.41) is 8.90. The molecule has 0 aliphatic carbocycles. The zero-order valence-electron chi connectivity index (χ0n) is 8.43. The Morgan fingerprint density at radius 2 is 1.88 bits per heavy atom. The summed E-state index contributed by atoms with van der Waals surface area (Å²) in [6.07, 6.45) is 0. The van der Waals surface area contributed by atoms with E-state index < -0.39 is 0 Å². The molecule has 0 radical (unpaired) electrons. The molecule has 1 aromatic heterocycles. The summed E-state index contributed by atoms with van der Waals surface area (Å²) in [4.78, 5) is 4.04. The van der Waals surface area contributed by atoms with Gasteiger partial charge in [-0.15, -0.1) is 0 Å². The molecule has 0 aliphatic rings. The van der Waals surface area contributed by atoms with Crippen molar-refractivity contribution in [2.75, 3.05) is 0 Å². The first-order valence-electron chi connectivity index (χ1n) is 4.78. The van der Waals surface area contributed by atoms with E-state index in [-0.39, 0.29) is 12.4 Å². The van der Waals surface area contributed by atoms with Gasteiger partial charge in [-0.1, -0.05) is 6.07 Å². The van der Waals surface area contributed by atoms with Crippen LogP contribution in [0.25, 0.3) is 0 Å². The number of hydrogen-bond acceptors (Lipinski definition) is 3. The Kier molecular flexibility index (Phi) is 3.12. The van der Waals surface area contributed by atoms with E-state index in [2.05, 4.69) is 4.98 Å². The Labute approximate surface area is 92.1 Å². The van der Waals surface area contributed by atoms with E-state index in [4.69, 9.17) is 9.84 Å². The molecule has 0 saturated heterocycles. The van der Waals surface area contributed by atoms with Crippen LogP contribution in [0.2, 0.25) is 0 Å². The maximum Gasteiger partial charge on any atom is 0.219 e. The summed E-state index contributed by atoms with van der Waals surface area (Å²) in [7, 11) is 0. The average Bonchev–Trinajstić information content (AvgIpc) is 2.32. The molecule has 4 heteroatoms. The molecule has 1 aromatic carbocycles. The predicted molar refractivity (Wildman–Crippen MR) is 56.6 cm³/mol. The summed E-state index contributed by atoms with van der Waals surface area (Å²) < 4.78 is 18.0. The van der Waals surface area contributed by atoms with Crippen LogP contribution in [-0.4, -0.2) is 10.1 Å². The first-order valence-corrected chi connectivity index (χ1v) is 4.78. The second-order valence-electron chi connectivity index (χ2n) is 3.18. The smallest absolute Gasteiger partial charge is 0.219 e. The van der Waals surface area contributed by atoms with E-state index in [9.17, 15) is 4.39 Å². The molecule has 16 heavy (non-hydrogen) atoms. The average molecular weight is 219 g/mol. The fraction of sp³-hybridized carbons (Fsp3) is 0.0833. The van der Waals surface area contributed by atoms with Crippen LogP contribution >= 0.6 is 0 Å². The zero-order valence-corrected chi connectivity index (χ0v) is 8.43. The van der Waals surface area contributed by atoms with Crippen LogP contribution in [0.5, 0.6) is 11.6 Å². The third kappa shape index (κ3) is 2.55. The number of hydrogen-bond donors (Lipinski definition) is 1. The highest BCUT2D eigenvalue weighted by molar-refractivity contribution is 5.27. The normalized spacial score (nSPS) is 10.1. The third-order valence-corrected chi connectivity index (χ3v) is 1.98. The van der Waals surface area contributed by atoms with Crippen LogP contribution < -0.4 is 4.74 Å². The molecule has 0 bridgehead atoms. The van der Waals surface area contributed by atoms with Gasteiger partial charge in [-0.2, -0.15) is 0 Å². The summed E-state index contributed by atoms with van der Waals surface area (Å²) in [6, 6.07) is 10.7. The Balaban J connectivity index is 2.16. The van der Waals surface area contributed by atoms with Crippen LogP contribution in [0.3, 0.4) is 0 Å². The third-order valence-electron chi connectivity index (χ3n) is 1.98. The lowest BCUT2D eigenvalue weighted by Gasteiger charge is -2.05. The topological polar surface area (TPSA) is 42.4 Å². The number of nitrogens with zero attached hydrogens (tertiary/aromatic N) is 1. The lowest BCUT2D eigenvalue weighted by molar-refractivity contribution is 0.275. The molecule has 0 unspecified atom stereocenters. The highest BCUT2D eigenvalue weighted by atomic mass is 19.1. The quantitative estimate of drug-likeness (QED) is 0.862. The number of halogens is 1. The monoisotopic (exact) mass is 219 g/mol. The van der Waals surface area contributed by atoms with Crippen LogP contribution in [0, 0.1) is 5.82 Å². The number of ether oxygens (including phenoxy) is 1. The molecule has 1 heterocycles. The lowest BCUT2D eigenvalue weighted by atomic mass is 10.3. The highest BCUT2D eigenvalue weighted by Crippen LogP contribution is 2.19. The van der Waals surface area contributed by atoms with Crippen molar-refractivity contribution in [3.63, 3.8) is 0 Å². The van der Waals surface area contributed by atoms with Crippen molar-refractivity contribution in [3.05, 3.63) is 54.0 Å². The van der Waals surface area contributed by atoms with Crippen molar-refractivity contribution in [3.8, 4) is 11.6 Å². The van der Waals surface area contributed by atoms with Crippen LogP contribution in [0.1, 0.15) is 5.69 Å². The van der Waals surface area contributed by atoms with Gasteiger partial charge in [-0.3, -0.25) is 0 Å². The minimum Gasteiger partial charge on any atom is -0.439 e. The number of pyridine rings is 1. The van der Waals surface area contributed by atoms with E-state index in [0.717, 1.165) is 0 Å². The second kappa shape index (κ2) is 4.72. The van der Waals surface area contributed by atoms with Gasteiger partial charge < -0.3 is 9.84 Å². The number of aliphatic hydroxyl groups is 1. The van der Waals surface area contributed by atoms with Gasteiger partial charge in [0.15, 0.2) is 0 Å². The van der Waals surface area contributed by atoms with E-state index >= 15 is 0 Å². The summed E-state index contributed by atoms with van der Waals surface area (Å²) >= 11 is 0. The van der Waals surface area contributed by atoms with Crippen molar-refractivity contribution in [2.24, 2.45) is 0 Å². The Hall–Kier alpha value is -1.94. The van der Waals surface area contributed by atoms with Crippen LogP contribution in [0.15, 0.2) is 42.5 Å². The lowest BCUT2D eigenvalue weighted by Crippen LogP contribution is -1.92. The first kappa shape index (κ1) is 10.6. The van der Waals surface area contributed by atoms with Crippen molar-refractivity contribution in [1.29, 1.82) is 0 Å². The molecule has 0 aliphatic heterocycles. The molecule has 0 atom stereocenters. The molecule has 3 nitrogen and oxygen atoms in total. The molecule has 82 valence electrons. The van der Waals surface area contributed by atoms with Gasteiger partial charge in [0.05, 0.1) is 12.3 Å². The second-order valence-corrected chi connectivity index (χ2v) is 3.18. The maximum atomic E-state index is 12.6. The molecule has 0 spiro atoms. The van der Waals surface area contributed by atoms with Gasteiger partial charge in [-0.25, -0.2) is 9.37 Å². The van der Waals surface area contributed by atoms with Gasteiger partial charge in [0.1, 0.15) is 11.6 Å². The summed E-state index contributed by atoms with van der Waals surface area (Å²) in [5.74, 6) is 0.562. The van der Waals surface area contributed by atoms with Gasteiger partial charge in [-0.05, 0) is 30.3 Å². The Morgan fingerprint density at radius 1 is 1.12 bits per heavy atom. The fourth-order valence-electron chi connectivity index (χ4n) is 1.23. The molecular formula is C12H10FNO2. The molecular weight excluding hydrogens is 209 g/mol. The van der Waals surface area contributed by atoms with Crippen molar-refractivity contribution in [1.82, 2.24) is 4.98 Å². The number of benzene rings is 1. The van der Waals surface area contributed by atoms with Crippen LogP contribution in [0.4, 0.5) is 4.39 Å². The Bertz CT molecular complexity index is 471. The van der Waals surface area contributed by atoms with E-state index in [0.29, 0.717) is 17.3 Å². The maximum absolute atomic E-state index is 12.6. The van der Waals surface area contributed by atoms with E-state index in [1.165, 1.54) is 24.3 Å². The van der Waals surface area contributed by atoms with Crippen molar-refractivity contribution in [2.45, 2.75) is 6.61 Å². The van der Waals surface area contributed by atoms with Crippen LogP contribution in [-0.2, 0) is 6.61 Å². The van der Waals surface area contributed by atoms with Gasteiger partial charge in [0, 0.05) is 6.07 Å². The molecule has 0 saturated carbocycles. The molecule has 0 amide bonds. The molecule has 2 aromatic rings. The van der Waals surface area contributed by atoms with E-state index in [1.54, 1.807) is 18.2 Å². The molecule has 2 rings (SSSR count). The van der Waals surface area contributed by atoms with Gasteiger partial charge in [0.2, 0.25) is 5.88 Å². The predicted octanol–water partition coefficient (Wildman–Crippen LogP) is 2.51. The highest BCUT2D eigenvalue weighted by Gasteiger charge is 2.00. The number of aromatic nitrogens is 1. The fourth-order valence-corrected chi connectivity index (χ4v) is 1.23. The minimum absolute atomic E-state index is 0.138. The van der Waals surface area contributed by atoms with Gasteiger partial charge in [0.25, 0.3) is 0 Å². The number of aliphatic hydroxyl groups excluding tert-OH is 1. The van der Waals surface area contributed by atoms with E-state index in [1.807, 2.05) is 0 Å². The number of rotatable bonds is 3. The SMILES string of the molecule is OCc1cccc(Oc2ccc(F)cc2)n1. The molecule has 1 N–H and O–H groups in total. The summed E-state index contributed by atoms with van der Waals surface area (Å²) in [6.45, 7) is -0.138. The summed E-state index contributed by atoms with van der Waals surface area (Å²) in [5.41, 5.74) is 0.527. The largest absolute Gasteiger partial charge is 0.439 e.